The summed E-state index contributed by atoms with van der Waals surface area (Å²) < 4.78 is 1.06. The summed E-state index contributed by atoms with van der Waals surface area (Å²) in [5.74, 6) is 0.896. The Labute approximate surface area is 106 Å². The molecule has 0 aromatic carbocycles. The largest absolute Gasteiger partial charge is 0.381 e. The molecule has 0 aliphatic heterocycles. The lowest BCUT2D eigenvalue weighted by Crippen LogP contribution is -2.18. The third-order valence-corrected chi connectivity index (χ3v) is 4.02. The highest BCUT2D eigenvalue weighted by Crippen LogP contribution is 2.27. The first-order valence-corrected chi connectivity index (χ1v) is 6.91. The van der Waals surface area contributed by atoms with Crippen LogP contribution in [0, 0.1) is 5.92 Å². The molecule has 0 bridgehead atoms. The molecule has 1 fully saturated rings. The first-order chi connectivity index (χ1) is 7.75. The molecule has 1 N–H and O–H groups in total. The molecule has 1 aromatic rings. The highest BCUT2D eigenvalue weighted by Gasteiger charge is 2.16. The molecule has 0 radical (unpaired) electrons. The highest BCUT2D eigenvalue weighted by atomic mass is 79.9. The van der Waals surface area contributed by atoms with E-state index in [0.29, 0.717) is 6.04 Å². The summed E-state index contributed by atoms with van der Waals surface area (Å²) in [6.07, 6.45) is 10.3. The maximum absolute atomic E-state index is 4.08. The minimum Gasteiger partial charge on any atom is -0.381 e. The van der Waals surface area contributed by atoms with Crippen molar-refractivity contribution in [3.05, 3.63) is 22.9 Å². The molecule has 1 heterocycles. The van der Waals surface area contributed by atoms with Crippen LogP contribution in [0.4, 0.5) is 5.69 Å². The monoisotopic (exact) mass is 282 g/mol. The van der Waals surface area contributed by atoms with Crippen molar-refractivity contribution in [1.82, 2.24) is 4.98 Å². The van der Waals surface area contributed by atoms with Gasteiger partial charge in [0.05, 0.1) is 10.2 Å². The Morgan fingerprint density at radius 1 is 1.31 bits per heavy atom. The van der Waals surface area contributed by atoms with Gasteiger partial charge in [0, 0.05) is 18.4 Å². The summed E-state index contributed by atoms with van der Waals surface area (Å²) in [7, 11) is 0. The summed E-state index contributed by atoms with van der Waals surface area (Å²) in [6.45, 7) is 2.37. The maximum atomic E-state index is 4.08. The van der Waals surface area contributed by atoms with Gasteiger partial charge < -0.3 is 5.32 Å². The van der Waals surface area contributed by atoms with Crippen LogP contribution in [0.2, 0.25) is 0 Å². The van der Waals surface area contributed by atoms with Crippen LogP contribution in [0.15, 0.2) is 22.9 Å². The fraction of sp³-hybridized carbons (Fsp3) is 0.615. The van der Waals surface area contributed by atoms with Crippen molar-refractivity contribution in [2.75, 3.05) is 5.32 Å². The molecular weight excluding hydrogens is 264 g/mol. The molecule has 2 nitrogen and oxygen atoms in total. The lowest BCUT2D eigenvalue weighted by molar-refractivity contribution is 0.502. The molecule has 2 rings (SSSR count). The van der Waals surface area contributed by atoms with Crippen LogP contribution >= 0.6 is 15.9 Å². The van der Waals surface area contributed by atoms with Crippen molar-refractivity contribution in [1.29, 1.82) is 0 Å². The van der Waals surface area contributed by atoms with E-state index in [1.165, 1.54) is 37.8 Å². The average molecular weight is 283 g/mol. The minimum atomic E-state index is 0.628. The van der Waals surface area contributed by atoms with E-state index < -0.39 is 0 Å². The molecule has 1 aliphatic carbocycles. The Morgan fingerprint density at radius 2 is 2.19 bits per heavy atom. The van der Waals surface area contributed by atoms with E-state index in [1.54, 1.807) is 0 Å². The zero-order valence-corrected chi connectivity index (χ0v) is 11.3. The number of nitrogens with zero attached hydrogens (tertiary/aromatic N) is 1. The molecule has 3 heteroatoms. The molecule has 16 heavy (non-hydrogen) atoms. The van der Waals surface area contributed by atoms with Crippen LogP contribution in [0.5, 0.6) is 0 Å². The number of rotatable bonds is 2. The van der Waals surface area contributed by atoms with Gasteiger partial charge in [-0.1, -0.05) is 19.8 Å². The molecule has 1 aromatic heterocycles. The Bertz CT molecular complexity index is 340. The number of pyridine rings is 1. The van der Waals surface area contributed by atoms with Crippen LogP contribution in [-0.2, 0) is 0 Å². The van der Waals surface area contributed by atoms with E-state index in [-0.39, 0.29) is 0 Å². The first-order valence-electron chi connectivity index (χ1n) is 6.12. The second-order valence-corrected chi connectivity index (χ2v) is 5.66. The number of hydrogen-bond acceptors (Lipinski definition) is 2. The fourth-order valence-corrected chi connectivity index (χ4v) is 2.71. The zero-order valence-electron chi connectivity index (χ0n) is 9.75. The predicted molar refractivity (Wildman–Crippen MR) is 71.6 cm³/mol. The van der Waals surface area contributed by atoms with E-state index in [2.05, 4.69) is 33.2 Å². The van der Waals surface area contributed by atoms with Crippen LogP contribution in [-0.4, -0.2) is 11.0 Å². The summed E-state index contributed by atoms with van der Waals surface area (Å²) >= 11 is 3.53. The third-order valence-electron chi connectivity index (χ3n) is 3.39. The van der Waals surface area contributed by atoms with E-state index >= 15 is 0 Å². The normalized spacial score (nSPS) is 26.1. The average Bonchev–Trinajstić information content (AvgIpc) is 2.47. The molecule has 0 amide bonds. The zero-order chi connectivity index (χ0) is 11.4. The number of aromatic nitrogens is 1. The van der Waals surface area contributed by atoms with Gasteiger partial charge in [-0.25, -0.2) is 0 Å². The van der Waals surface area contributed by atoms with E-state index in [1.807, 2.05) is 18.5 Å². The lowest BCUT2D eigenvalue weighted by Gasteiger charge is -2.18. The third kappa shape index (κ3) is 3.21. The highest BCUT2D eigenvalue weighted by molar-refractivity contribution is 9.10. The quantitative estimate of drug-likeness (QED) is 0.822. The second kappa shape index (κ2) is 5.67. The Morgan fingerprint density at radius 3 is 3.00 bits per heavy atom. The van der Waals surface area contributed by atoms with E-state index in [9.17, 15) is 0 Å². The second-order valence-electron chi connectivity index (χ2n) is 4.81. The topological polar surface area (TPSA) is 24.9 Å². The van der Waals surface area contributed by atoms with Gasteiger partial charge in [0.2, 0.25) is 0 Å². The number of nitrogens with one attached hydrogen (secondary N) is 1. The van der Waals surface area contributed by atoms with Gasteiger partial charge in [0.1, 0.15) is 0 Å². The number of hydrogen-bond donors (Lipinski definition) is 1. The van der Waals surface area contributed by atoms with Crippen molar-refractivity contribution >= 4 is 21.6 Å². The van der Waals surface area contributed by atoms with Gasteiger partial charge in [-0.3, -0.25) is 4.98 Å². The van der Waals surface area contributed by atoms with Gasteiger partial charge in [-0.15, -0.1) is 0 Å². The lowest BCUT2D eigenvalue weighted by atomic mass is 10.0. The Hall–Kier alpha value is -0.570. The van der Waals surface area contributed by atoms with Crippen molar-refractivity contribution in [3.63, 3.8) is 0 Å². The molecule has 88 valence electrons. The maximum Gasteiger partial charge on any atom is 0.0590 e. The molecule has 2 unspecified atom stereocenters. The minimum absolute atomic E-state index is 0.628. The summed E-state index contributed by atoms with van der Waals surface area (Å²) in [4.78, 5) is 4.08. The number of halogens is 1. The molecule has 0 saturated heterocycles. The SMILES string of the molecule is CC1CCCC(Nc2ccncc2Br)CC1. The number of anilines is 1. The molecule has 0 spiro atoms. The van der Waals surface area contributed by atoms with Crippen LogP contribution in [0.3, 0.4) is 0 Å². The molecule has 2 atom stereocenters. The van der Waals surface area contributed by atoms with Crippen molar-refractivity contribution < 1.29 is 0 Å². The predicted octanol–water partition coefficient (Wildman–Crippen LogP) is 4.22. The molecule has 1 saturated carbocycles. The summed E-state index contributed by atoms with van der Waals surface area (Å²) in [6, 6.07) is 2.67. The molecule has 1 aliphatic rings. The fourth-order valence-electron chi connectivity index (χ4n) is 2.34. The summed E-state index contributed by atoms with van der Waals surface area (Å²) in [5, 5.41) is 3.62. The van der Waals surface area contributed by atoms with Crippen molar-refractivity contribution in [2.45, 2.75) is 45.1 Å². The van der Waals surface area contributed by atoms with Crippen molar-refractivity contribution in [2.24, 2.45) is 5.92 Å². The van der Waals surface area contributed by atoms with Gasteiger partial charge in [0.15, 0.2) is 0 Å². The smallest absolute Gasteiger partial charge is 0.0590 e. The van der Waals surface area contributed by atoms with Gasteiger partial charge in [0.25, 0.3) is 0 Å². The van der Waals surface area contributed by atoms with Crippen molar-refractivity contribution in [3.8, 4) is 0 Å². The van der Waals surface area contributed by atoms with Crippen LogP contribution in [0.1, 0.15) is 39.0 Å². The van der Waals surface area contributed by atoms with Gasteiger partial charge in [-0.05, 0) is 47.2 Å². The van der Waals surface area contributed by atoms with E-state index in [0.717, 1.165) is 10.4 Å². The van der Waals surface area contributed by atoms with Crippen LogP contribution < -0.4 is 5.32 Å². The standard InChI is InChI=1S/C13H19BrN2/c1-10-3-2-4-11(6-5-10)16-13-7-8-15-9-12(13)14/h7-11H,2-6H2,1H3,(H,15,16). The van der Waals surface area contributed by atoms with Crippen LogP contribution in [0.25, 0.3) is 0 Å². The van der Waals surface area contributed by atoms with Gasteiger partial charge in [-0.2, -0.15) is 0 Å². The van der Waals surface area contributed by atoms with E-state index in [4.69, 9.17) is 0 Å². The Kier molecular flexibility index (Phi) is 4.22. The Balaban J connectivity index is 1.96. The van der Waals surface area contributed by atoms with Gasteiger partial charge >= 0.3 is 0 Å². The first kappa shape index (κ1) is 11.9. The molecular formula is C13H19BrN2. The summed E-state index contributed by atoms with van der Waals surface area (Å²) in [5.41, 5.74) is 1.18.